The largest absolute Gasteiger partial charge is 0.395 e. The van der Waals surface area contributed by atoms with Gasteiger partial charge in [-0.15, -0.1) is 0 Å². The number of amides is 1. The van der Waals surface area contributed by atoms with Crippen LogP contribution in [0.5, 0.6) is 0 Å². The van der Waals surface area contributed by atoms with Crippen molar-refractivity contribution in [3.8, 4) is 11.8 Å². The quantitative estimate of drug-likeness (QED) is 0.795. The van der Waals surface area contributed by atoms with Crippen molar-refractivity contribution in [3.05, 3.63) is 35.4 Å². The van der Waals surface area contributed by atoms with Gasteiger partial charge < -0.3 is 19.9 Å². The molecule has 0 radical (unpaired) electrons. The van der Waals surface area contributed by atoms with Crippen LogP contribution < -0.4 is 5.32 Å². The Labute approximate surface area is 124 Å². The molecule has 2 N–H and O–H groups in total. The van der Waals surface area contributed by atoms with Gasteiger partial charge in [-0.2, -0.15) is 0 Å². The Kier molecular flexibility index (Phi) is 6.22. The van der Waals surface area contributed by atoms with Gasteiger partial charge in [-0.25, -0.2) is 0 Å². The molecule has 1 aromatic carbocycles. The van der Waals surface area contributed by atoms with Crippen LogP contribution in [0.25, 0.3) is 0 Å². The second-order valence-corrected chi connectivity index (χ2v) is 4.63. The lowest BCUT2D eigenvalue weighted by molar-refractivity contribution is -0.0855. The zero-order valence-electron chi connectivity index (χ0n) is 11.8. The van der Waals surface area contributed by atoms with Crippen LogP contribution in [0, 0.1) is 11.8 Å². The smallest absolute Gasteiger partial charge is 0.251 e. The number of hydrogen-bond acceptors (Lipinski definition) is 4. The standard InChI is InChI=1S/C16H19NO4/c18-7-2-1-4-13-5-3-6-14(10-13)16(19)17-11-15-12-20-8-9-21-15/h3,5-6,10,15,18H,2,7-9,11-12H2,(H,17,19). The number of rotatable bonds is 4. The van der Waals surface area contributed by atoms with E-state index in [9.17, 15) is 4.79 Å². The van der Waals surface area contributed by atoms with Gasteiger partial charge in [0.05, 0.1) is 32.5 Å². The van der Waals surface area contributed by atoms with Crippen molar-refractivity contribution < 1.29 is 19.4 Å². The summed E-state index contributed by atoms with van der Waals surface area (Å²) in [6, 6.07) is 7.10. The maximum Gasteiger partial charge on any atom is 0.251 e. The third kappa shape index (κ3) is 5.20. The Morgan fingerprint density at radius 1 is 1.43 bits per heavy atom. The van der Waals surface area contributed by atoms with Crippen molar-refractivity contribution in [1.29, 1.82) is 0 Å². The van der Waals surface area contributed by atoms with Crippen LogP contribution in [0.4, 0.5) is 0 Å². The lowest BCUT2D eigenvalue weighted by atomic mass is 10.1. The average molecular weight is 289 g/mol. The Morgan fingerprint density at radius 2 is 2.33 bits per heavy atom. The normalized spacial score (nSPS) is 17.7. The monoisotopic (exact) mass is 289 g/mol. The molecule has 1 aliphatic heterocycles. The summed E-state index contributed by atoms with van der Waals surface area (Å²) < 4.78 is 10.7. The predicted molar refractivity (Wildman–Crippen MR) is 77.9 cm³/mol. The van der Waals surface area contributed by atoms with Crippen LogP contribution in [0.15, 0.2) is 24.3 Å². The van der Waals surface area contributed by atoms with Crippen LogP contribution in [-0.2, 0) is 9.47 Å². The number of aliphatic hydroxyl groups is 1. The Morgan fingerprint density at radius 3 is 3.10 bits per heavy atom. The molecule has 0 aromatic heterocycles. The van der Waals surface area contributed by atoms with Gasteiger partial charge in [0.25, 0.3) is 5.91 Å². The van der Waals surface area contributed by atoms with Gasteiger partial charge in [0.1, 0.15) is 0 Å². The molecule has 1 amide bonds. The lowest BCUT2D eigenvalue weighted by Gasteiger charge is -2.23. The fourth-order valence-corrected chi connectivity index (χ4v) is 1.92. The number of carbonyl (C=O) groups is 1. The van der Waals surface area contributed by atoms with E-state index < -0.39 is 0 Å². The molecule has 0 saturated carbocycles. The van der Waals surface area contributed by atoms with Gasteiger partial charge in [0, 0.05) is 24.1 Å². The summed E-state index contributed by atoms with van der Waals surface area (Å²) in [6.45, 7) is 2.15. The molecule has 21 heavy (non-hydrogen) atoms. The van der Waals surface area contributed by atoms with E-state index in [1.807, 2.05) is 6.07 Å². The van der Waals surface area contributed by atoms with E-state index in [4.69, 9.17) is 14.6 Å². The highest BCUT2D eigenvalue weighted by atomic mass is 16.6. The molecule has 5 heteroatoms. The lowest BCUT2D eigenvalue weighted by Crippen LogP contribution is -2.39. The molecule has 5 nitrogen and oxygen atoms in total. The van der Waals surface area contributed by atoms with E-state index in [1.54, 1.807) is 18.2 Å². The minimum absolute atomic E-state index is 0.0383. The summed E-state index contributed by atoms with van der Waals surface area (Å²) in [7, 11) is 0. The second-order valence-electron chi connectivity index (χ2n) is 4.63. The molecule has 1 aliphatic rings. The second kappa shape index (κ2) is 8.42. The number of benzene rings is 1. The first-order valence-corrected chi connectivity index (χ1v) is 6.97. The van der Waals surface area contributed by atoms with Crippen molar-refractivity contribution in [2.45, 2.75) is 12.5 Å². The summed E-state index contributed by atoms with van der Waals surface area (Å²) in [5, 5.41) is 11.5. The minimum Gasteiger partial charge on any atom is -0.395 e. The highest BCUT2D eigenvalue weighted by Gasteiger charge is 2.15. The van der Waals surface area contributed by atoms with Crippen LogP contribution >= 0.6 is 0 Å². The molecular formula is C16H19NO4. The number of hydrogen-bond donors (Lipinski definition) is 2. The van der Waals surface area contributed by atoms with Crippen LogP contribution in [0.3, 0.4) is 0 Å². The molecule has 1 aromatic rings. The summed E-state index contributed by atoms with van der Waals surface area (Å²) in [5.74, 6) is 5.59. The molecule has 1 fully saturated rings. The first-order chi connectivity index (χ1) is 10.3. The van der Waals surface area contributed by atoms with Crippen molar-refractivity contribution in [3.63, 3.8) is 0 Å². The van der Waals surface area contributed by atoms with E-state index in [2.05, 4.69) is 17.2 Å². The number of nitrogens with one attached hydrogen (secondary N) is 1. The van der Waals surface area contributed by atoms with Crippen LogP contribution in [0.1, 0.15) is 22.3 Å². The first-order valence-electron chi connectivity index (χ1n) is 6.97. The zero-order valence-corrected chi connectivity index (χ0v) is 11.8. The fourth-order valence-electron chi connectivity index (χ4n) is 1.92. The van der Waals surface area contributed by atoms with E-state index >= 15 is 0 Å². The summed E-state index contributed by atoms with van der Waals surface area (Å²) >= 11 is 0. The summed E-state index contributed by atoms with van der Waals surface area (Å²) in [4.78, 5) is 12.1. The summed E-state index contributed by atoms with van der Waals surface area (Å²) in [5.41, 5.74) is 1.32. The van der Waals surface area contributed by atoms with E-state index in [-0.39, 0.29) is 18.6 Å². The SMILES string of the molecule is O=C(NCC1COCCO1)c1cccc(C#CCCO)c1. The van der Waals surface area contributed by atoms with Gasteiger partial charge in [-0.3, -0.25) is 4.79 Å². The van der Waals surface area contributed by atoms with E-state index in [0.717, 1.165) is 5.56 Å². The highest BCUT2D eigenvalue weighted by Crippen LogP contribution is 2.05. The third-order valence-corrected chi connectivity index (χ3v) is 2.97. The molecule has 112 valence electrons. The van der Waals surface area contributed by atoms with Crippen molar-refractivity contribution in [1.82, 2.24) is 5.32 Å². The molecule has 1 atom stereocenters. The molecule has 1 saturated heterocycles. The molecule has 0 aliphatic carbocycles. The van der Waals surface area contributed by atoms with E-state index in [0.29, 0.717) is 38.3 Å². The number of carbonyl (C=O) groups excluding carboxylic acids is 1. The Balaban J connectivity index is 1.89. The molecule has 1 heterocycles. The fraction of sp³-hybridized carbons (Fsp3) is 0.438. The van der Waals surface area contributed by atoms with Crippen LogP contribution in [-0.4, -0.2) is 50.1 Å². The van der Waals surface area contributed by atoms with Gasteiger partial charge >= 0.3 is 0 Å². The van der Waals surface area contributed by atoms with Gasteiger partial charge in [-0.1, -0.05) is 17.9 Å². The minimum atomic E-state index is -0.157. The van der Waals surface area contributed by atoms with Gasteiger partial charge in [0.15, 0.2) is 0 Å². The highest BCUT2D eigenvalue weighted by molar-refractivity contribution is 5.94. The Bertz CT molecular complexity index is 527. The molecule has 1 unspecified atom stereocenters. The van der Waals surface area contributed by atoms with Crippen molar-refractivity contribution >= 4 is 5.91 Å². The van der Waals surface area contributed by atoms with Crippen LogP contribution in [0.2, 0.25) is 0 Å². The molecule has 0 spiro atoms. The maximum absolute atomic E-state index is 12.1. The van der Waals surface area contributed by atoms with Crippen molar-refractivity contribution in [2.75, 3.05) is 33.0 Å². The summed E-state index contributed by atoms with van der Waals surface area (Å²) in [6.07, 6.45) is 0.338. The van der Waals surface area contributed by atoms with Crippen molar-refractivity contribution in [2.24, 2.45) is 0 Å². The molecular weight excluding hydrogens is 270 g/mol. The third-order valence-electron chi connectivity index (χ3n) is 2.97. The topological polar surface area (TPSA) is 67.8 Å². The van der Waals surface area contributed by atoms with Gasteiger partial charge in [-0.05, 0) is 18.2 Å². The predicted octanol–water partition coefficient (Wildman–Crippen LogP) is 0.566. The number of ether oxygens (including phenoxy) is 2. The molecule has 2 rings (SSSR count). The number of aliphatic hydroxyl groups excluding tert-OH is 1. The van der Waals surface area contributed by atoms with E-state index in [1.165, 1.54) is 0 Å². The Hall–Kier alpha value is -1.87. The molecule has 0 bridgehead atoms. The zero-order chi connectivity index (χ0) is 14.9. The first kappa shape index (κ1) is 15.5. The average Bonchev–Trinajstić information content (AvgIpc) is 2.54. The van der Waals surface area contributed by atoms with Gasteiger partial charge in [0.2, 0.25) is 0 Å². The maximum atomic E-state index is 12.1.